The van der Waals surface area contributed by atoms with Gasteiger partial charge in [-0.3, -0.25) is 4.79 Å². The van der Waals surface area contributed by atoms with Gasteiger partial charge in [-0.15, -0.1) is 0 Å². The minimum absolute atomic E-state index is 0.00138. The maximum Gasteiger partial charge on any atom is 0.189 e. The third-order valence-electron chi connectivity index (χ3n) is 2.72. The Morgan fingerprint density at radius 1 is 0.833 bits per heavy atom. The van der Waals surface area contributed by atoms with Gasteiger partial charge in [-0.1, -0.05) is 30.3 Å². The van der Waals surface area contributed by atoms with Crippen LogP contribution in [0.25, 0.3) is 10.9 Å². The summed E-state index contributed by atoms with van der Waals surface area (Å²) in [5.74, 6) is 0.728. The van der Waals surface area contributed by atoms with Crippen molar-refractivity contribution in [1.82, 2.24) is 4.73 Å². The van der Waals surface area contributed by atoms with Crippen molar-refractivity contribution in [3.63, 3.8) is 0 Å². The molecule has 3 heteroatoms. The third-order valence-corrected chi connectivity index (χ3v) is 2.72. The molecule has 1 aromatic heterocycles. The molecular formula is C15H11NO2. The summed E-state index contributed by atoms with van der Waals surface area (Å²) in [6.45, 7) is 0. The van der Waals surface area contributed by atoms with Crippen LogP contribution in [-0.4, -0.2) is 4.73 Å². The molecule has 18 heavy (non-hydrogen) atoms. The summed E-state index contributed by atoms with van der Waals surface area (Å²) >= 11 is 0. The van der Waals surface area contributed by atoms with Gasteiger partial charge in [-0.05, 0) is 24.3 Å². The summed E-state index contributed by atoms with van der Waals surface area (Å²) in [6.07, 6.45) is 1.64. The van der Waals surface area contributed by atoms with Gasteiger partial charge in [0, 0.05) is 17.6 Å². The Morgan fingerprint density at radius 3 is 2.39 bits per heavy atom. The Labute approximate surface area is 104 Å². The first kappa shape index (κ1) is 10.6. The molecule has 0 aliphatic heterocycles. The maximum absolute atomic E-state index is 11.7. The maximum atomic E-state index is 11.7. The Balaban J connectivity index is 2.13. The fourth-order valence-corrected chi connectivity index (χ4v) is 1.85. The lowest BCUT2D eigenvalue weighted by Crippen LogP contribution is -2.11. The number of pyridine rings is 1. The fraction of sp³-hybridized carbons (Fsp3) is 0. The summed E-state index contributed by atoms with van der Waals surface area (Å²) in [5, 5.41) is 0.649. The van der Waals surface area contributed by atoms with Crippen LogP contribution in [0.3, 0.4) is 0 Å². The first-order chi connectivity index (χ1) is 8.84. The molecule has 3 aromatic rings. The van der Waals surface area contributed by atoms with Gasteiger partial charge in [0.05, 0.1) is 5.52 Å². The van der Waals surface area contributed by atoms with E-state index in [0.717, 1.165) is 11.3 Å². The van der Waals surface area contributed by atoms with Crippen LogP contribution in [0.15, 0.2) is 71.7 Å². The van der Waals surface area contributed by atoms with E-state index in [4.69, 9.17) is 4.84 Å². The van der Waals surface area contributed by atoms with Gasteiger partial charge >= 0.3 is 0 Å². The number of benzene rings is 2. The molecule has 0 aliphatic carbocycles. The zero-order valence-corrected chi connectivity index (χ0v) is 9.61. The number of aromatic nitrogens is 1. The molecule has 0 spiro atoms. The van der Waals surface area contributed by atoms with E-state index in [2.05, 4.69) is 0 Å². The van der Waals surface area contributed by atoms with Gasteiger partial charge in [0.15, 0.2) is 11.2 Å². The van der Waals surface area contributed by atoms with Crippen LogP contribution in [0.4, 0.5) is 0 Å². The van der Waals surface area contributed by atoms with Crippen molar-refractivity contribution < 1.29 is 4.84 Å². The summed E-state index contributed by atoms with van der Waals surface area (Å²) < 4.78 is 1.60. The van der Waals surface area contributed by atoms with Crippen molar-refractivity contribution in [2.75, 3.05) is 0 Å². The van der Waals surface area contributed by atoms with Gasteiger partial charge in [0.2, 0.25) is 0 Å². The van der Waals surface area contributed by atoms with Crippen LogP contribution in [-0.2, 0) is 0 Å². The van der Waals surface area contributed by atoms with Crippen molar-refractivity contribution in [2.45, 2.75) is 0 Å². The summed E-state index contributed by atoms with van der Waals surface area (Å²) in [7, 11) is 0. The molecule has 0 amide bonds. The highest BCUT2D eigenvalue weighted by molar-refractivity contribution is 5.78. The standard InChI is InChI=1S/C15H11NO2/c17-15-10-11-16(14-9-5-4-8-13(14)15)18-12-6-2-1-3-7-12/h1-11H. The highest BCUT2D eigenvalue weighted by Gasteiger charge is 2.02. The van der Waals surface area contributed by atoms with E-state index < -0.39 is 0 Å². The second-order valence-corrected chi connectivity index (χ2v) is 3.93. The molecule has 0 N–H and O–H groups in total. The van der Waals surface area contributed by atoms with Gasteiger partial charge < -0.3 is 4.84 Å². The predicted molar refractivity (Wildman–Crippen MR) is 70.7 cm³/mol. The lowest BCUT2D eigenvalue weighted by Gasteiger charge is -2.11. The Morgan fingerprint density at radius 2 is 1.56 bits per heavy atom. The largest absolute Gasteiger partial charge is 0.375 e. The summed E-state index contributed by atoms with van der Waals surface area (Å²) in [5.41, 5.74) is 0.757. The van der Waals surface area contributed by atoms with E-state index >= 15 is 0 Å². The van der Waals surface area contributed by atoms with Crippen LogP contribution in [0.2, 0.25) is 0 Å². The highest BCUT2D eigenvalue weighted by atomic mass is 16.7. The Bertz CT molecular complexity index is 732. The first-order valence-corrected chi connectivity index (χ1v) is 5.68. The SMILES string of the molecule is O=c1ccn(Oc2ccccc2)c2ccccc12. The molecule has 0 aliphatic rings. The highest BCUT2D eigenvalue weighted by Crippen LogP contribution is 2.13. The van der Waals surface area contributed by atoms with E-state index in [9.17, 15) is 4.79 Å². The van der Waals surface area contributed by atoms with Crippen LogP contribution in [0.5, 0.6) is 5.75 Å². The predicted octanol–water partition coefficient (Wildman–Crippen LogP) is 2.84. The smallest absolute Gasteiger partial charge is 0.189 e. The van der Waals surface area contributed by atoms with Gasteiger partial charge in [-0.2, -0.15) is 4.73 Å². The molecule has 0 atom stereocenters. The van der Waals surface area contributed by atoms with Crippen LogP contribution < -0.4 is 10.3 Å². The average molecular weight is 237 g/mol. The third kappa shape index (κ3) is 1.86. The van der Waals surface area contributed by atoms with Gasteiger partial charge in [0.1, 0.15) is 0 Å². The fourth-order valence-electron chi connectivity index (χ4n) is 1.85. The first-order valence-electron chi connectivity index (χ1n) is 5.68. The molecule has 0 radical (unpaired) electrons. The number of para-hydroxylation sites is 2. The lowest BCUT2D eigenvalue weighted by molar-refractivity contribution is 0.227. The van der Waals surface area contributed by atoms with Gasteiger partial charge in [-0.25, -0.2) is 0 Å². The van der Waals surface area contributed by atoms with E-state index in [0.29, 0.717) is 5.39 Å². The zero-order chi connectivity index (χ0) is 12.4. The zero-order valence-electron chi connectivity index (χ0n) is 9.61. The Hall–Kier alpha value is -2.55. The number of hydrogen-bond acceptors (Lipinski definition) is 2. The topological polar surface area (TPSA) is 31.2 Å². The van der Waals surface area contributed by atoms with Crippen LogP contribution >= 0.6 is 0 Å². The second-order valence-electron chi connectivity index (χ2n) is 3.93. The molecular weight excluding hydrogens is 226 g/mol. The molecule has 1 heterocycles. The van der Waals surface area contributed by atoms with E-state index in [1.54, 1.807) is 17.0 Å². The Kier molecular flexibility index (Phi) is 2.57. The van der Waals surface area contributed by atoms with E-state index in [1.165, 1.54) is 6.07 Å². The van der Waals surface area contributed by atoms with Crippen molar-refractivity contribution in [3.8, 4) is 5.75 Å². The summed E-state index contributed by atoms with van der Waals surface area (Å²) in [4.78, 5) is 17.4. The minimum atomic E-state index is -0.00138. The quantitative estimate of drug-likeness (QED) is 0.686. The minimum Gasteiger partial charge on any atom is -0.375 e. The van der Waals surface area contributed by atoms with Crippen molar-refractivity contribution in [2.24, 2.45) is 0 Å². The van der Waals surface area contributed by atoms with Crippen molar-refractivity contribution in [1.29, 1.82) is 0 Å². The monoisotopic (exact) mass is 237 g/mol. The van der Waals surface area contributed by atoms with Crippen molar-refractivity contribution in [3.05, 3.63) is 77.1 Å². The van der Waals surface area contributed by atoms with Crippen LogP contribution in [0, 0.1) is 0 Å². The number of hydrogen-bond donors (Lipinski definition) is 0. The molecule has 0 saturated heterocycles. The molecule has 0 bridgehead atoms. The van der Waals surface area contributed by atoms with Gasteiger partial charge in [0.25, 0.3) is 0 Å². The summed E-state index contributed by atoms with van der Waals surface area (Å²) in [6, 6.07) is 18.4. The molecule has 3 rings (SSSR count). The number of fused-ring (bicyclic) bond motifs is 1. The molecule has 0 unspecified atom stereocenters. The molecule has 0 saturated carbocycles. The number of rotatable bonds is 2. The van der Waals surface area contributed by atoms with E-state index in [-0.39, 0.29) is 5.43 Å². The van der Waals surface area contributed by atoms with Crippen LogP contribution in [0.1, 0.15) is 0 Å². The molecule has 0 fully saturated rings. The lowest BCUT2D eigenvalue weighted by atomic mass is 10.2. The second kappa shape index (κ2) is 4.37. The normalized spacial score (nSPS) is 10.4. The molecule has 2 aromatic carbocycles. The number of nitrogens with zero attached hydrogens (tertiary/aromatic N) is 1. The average Bonchev–Trinajstić information content (AvgIpc) is 2.44. The molecule has 88 valence electrons. The van der Waals surface area contributed by atoms with E-state index in [1.807, 2.05) is 48.5 Å². The van der Waals surface area contributed by atoms with Crippen molar-refractivity contribution >= 4 is 10.9 Å². The molecule has 3 nitrogen and oxygen atoms in total.